The molecule has 0 fully saturated rings. The van der Waals surface area contributed by atoms with Crippen LogP contribution in [0.1, 0.15) is 5.76 Å². The molecule has 0 aliphatic carbocycles. The first kappa shape index (κ1) is 9.71. The Labute approximate surface area is 85.1 Å². The molecule has 78 valence electrons. The number of furan rings is 1. The van der Waals surface area contributed by atoms with Crippen molar-refractivity contribution in [2.24, 2.45) is 0 Å². The monoisotopic (exact) mass is 208 g/mol. The molecule has 0 aliphatic rings. The molecule has 2 rings (SSSR count). The second-order valence-corrected chi connectivity index (χ2v) is 3.26. The number of carboxylic acids is 1. The van der Waals surface area contributed by atoms with Crippen LogP contribution in [0.3, 0.4) is 0 Å². The van der Waals surface area contributed by atoms with Gasteiger partial charge in [0.05, 0.1) is 0 Å². The summed E-state index contributed by atoms with van der Waals surface area (Å²) in [6.07, 6.45) is -2.14. The van der Waals surface area contributed by atoms with E-state index < -0.39 is 12.1 Å². The van der Waals surface area contributed by atoms with Gasteiger partial charge in [-0.3, -0.25) is 0 Å². The van der Waals surface area contributed by atoms with Crippen molar-refractivity contribution in [2.75, 3.05) is 0 Å². The summed E-state index contributed by atoms with van der Waals surface area (Å²) in [5, 5.41) is 9.25. The van der Waals surface area contributed by atoms with E-state index in [2.05, 4.69) is 0 Å². The summed E-state index contributed by atoms with van der Waals surface area (Å²) in [4.78, 5) is 10.3. The Morgan fingerprint density at radius 1 is 1.47 bits per heavy atom. The lowest BCUT2D eigenvalue weighted by Crippen LogP contribution is -2.16. The average Bonchev–Trinajstić information content (AvgIpc) is 2.59. The molecule has 15 heavy (non-hydrogen) atoms. The van der Waals surface area contributed by atoms with Crippen molar-refractivity contribution in [1.29, 1.82) is 0 Å². The summed E-state index contributed by atoms with van der Waals surface area (Å²) in [6.45, 7) is 0. The van der Waals surface area contributed by atoms with Crippen LogP contribution < -0.4 is 0 Å². The summed E-state index contributed by atoms with van der Waals surface area (Å²) in [7, 11) is 0. The fourth-order valence-electron chi connectivity index (χ4n) is 1.40. The molecule has 1 aromatic heterocycles. The highest BCUT2D eigenvalue weighted by molar-refractivity contribution is 5.78. The maximum absolute atomic E-state index is 12.9. The highest BCUT2D eigenvalue weighted by Crippen LogP contribution is 2.20. The number of aliphatic carboxylic acids is 1. The minimum absolute atomic E-state index is 0.232. The molecule has 4 heteroatoms. The number of carboxylic acid groups (broad SMARTS) is 1. The van der Waals surface area contributed by atoms with Crippen molar-refractivity contribution in [3.63, 3.8) is 0 Å². The molecule has 1 N–H and O–H groups in total. The standard InChI is InChI=1S/C11H9FO3/c12-9(11(13)14)6-8-5-7-3-1-2-4-10(7)15-8/h1-5,9H,6H2,(H,13,14). The second-order valence-electron chi connectivity index (χ2n) is 3.26. The Hall–Kier alpha value is -1.84. The van der Waals surface area contributed by atoms with Gasteiger partial charge in [0, 0.05) is 11.8 Å². The van der Waals surface area contributed by atoms with Crippen molar-refractivity contribution in [3.8, 4) is 0 Å². The number of benzene rings is 1. The van der Waals surface area contributed by atoms with E-state index in [4.69, 9.17) is 9.52 Å². The Balaban J connectivity index is 2.26. The van der Waals surface area contributed by atoms with Crippen LogP contribution in [0.25, 0.3) is 11.0 Å². The van der Waals surface area contributed by atoms with E-state index >= 15 is 0 Å². The van der Waals surface area contributed by atoms with Crippen molar-refractivity contribution in [3.05, 3.63) is 36.1 Å². The van der Waals surface area contributed by atoms with E-state index in [0.717, 1.165) is 5.39 Å². The molecule has 0 spiro atoms. The van der Waals surface area contributed by atoms with Gasteiger partial charge in [0.1, 0.15) is 11.3 Å². The predicted octanol–water partition coefficient (Wildman–Crippen LogP) is 2.40. The lowest BCUT2D eigenvalue weighted by atomic mass is 10.2. The molecule has 2 aromatic rings. The van der Waals surface area contributed by atoms with Crippen LogP contribution in [0.2, 0.25) is 0 Å². The SMILES string of the molecule is O=C(O)C(F)Cc1cc2ccccc2o1. The Morgan fingerprint density at radius 3 is 2.87 bits per heavy atom. The first-order valence-electron chi connectivity index (χ1n) is 4.51. The lowest BCUT2D eigenvalue weighted by Gasteiger charge is -1.97. The molecule has 1 aromatic carbocycles. The zero-order valence-corrected chi connectivity index (χ0v) is 7.81. The predicted molar refractivity (Wildman–Crippen MR) is 52.4 cm³/mol. The lowest BCUT2D eigenvalue weighted by molar-refractivity contribution is -0.142. The van der Waals surface area contributed by atoms with Gasteiger partial charge in [-0.1, -0.05) is 18.2 Å². The fraction of sp³-hybridized carbons (Fsp3) is 0.182. The third kappa shape index (κ3) is 1.98. The molecule has 0 aliphatic heterocycles. The summed E-state index contributed by atoms with van der Waals surface area (Å²) in [5.41, 5.74) is 0.644. The van der Waals surface area contributed by atoms with Gasteiger partial charge in [0.2, 0.25) is 6.17 Å². The summed E-state index contributed by atoms with van der Waals surface area (Å²) < 4.78 is 18.2. The van der Waals surface area contributed by atoms with E-state index in [1.54, 1.807) is 18.2 Å². The van der Waals surface area contributed by atoms with Crippen molar-refractivity contribution >= 4 is 16.9 Å². The van der Waals surface area contributed by atoms with Crippen LogP contribution in [0.15, 0.2) is 34.7 Å². The van der Waals surface area contributed by atoms with E-state index in [1.807, 2.05) is 12.1 Å². The first-order valence-corrected chi connectivity index (χ1v) is 4.51. The number of hydrogen-bond acceptors (Lipinski definition) is 2. The van der Waals surface area contributed by atoms with Gasteiger partial charge in [-0.05, 0) is 12.1 Å². The molecule has 0 saturated carbocycles. The van der Waals surface area contributed by atoms with E-state index in [0.29, 0.717) is 11.3 Å². The van der Waals surface area contributed by atoms with Crippen LogP contribution in [-0.4, -0.2) is 17.2 Å². The highest BCUT2D eigenvalue weighted by atomic mass is 19.1. The van der Waals surface area contributed by atoms with E-state index in [-0.39, 0.29) is 6.42 Å². The molecule has 1 atom stereocenters. The molecule has 0 radical (unpaired) electrons. The van der Waals surface area contributed by atoms with Gasteiger partial charge in [-0.15, -0.1) is 0 Å². The fourth-order valence-corrected chi connectivity index (χ4v) is 1.40. The molecular weight excluding hydrogens is 199 g/mol. The number of halogens is 1. The highest BCUT2D eigenvalue weighted by Gasteiger charge is 2.18. The van der Waals surface area contributed by atoms with Gasteiger partial charge in [0.25, 0.3) is 0 Å². The maximum Gasteiger partial charge on any atom is 0.338 e. The van der Waals surface area contributed by atoms with Gasteiger partial charge < -0.3 is 9.52 Å². The maximum atomic E-state index is 12.9. The number of hydrogen-bond donors (Lipinski definition) is 1. The van der Waals surface area contributed by atoms with E-state index in [1.165, 1.54) is 0 Å². The number of rotatable bonds is 3. The van der Waals surface area contributed by atoms with Crippen molar-refractivity contribution < 1.29 is 18.7 Å². The van der Waals surface area contributed by atoms with Gasteiger partial charge in [-0.25, -0.2) is 9.18 Å². The minimum Gasteiger partial charge on any atom is -0.479 e. The Kier molecular flexibility index (Phi) is 2.41. The third-order valence-corrected chi connectivity index (χ3v) is 2.12. The van der Waals surface area contributed by atoms with Crippen LogP contribution in [0.5, 0.6) is 0 Å². The molecule has 0 amide bonds. The summed E-state index contributed by atoms with van der Waals surface area (Å²) >= 11 is 0. The van der Waals surface area contributed by atoms with Crippen LogP contribution in [-0.2, 0) is 11.2 Å². The smallest absolute Gasteiger partial charge is 0.338 e. The zero-order valence-electron chi connectivity index (χ0n) is 7.81. The molecule has 1 heterocycles. The quantitative estimate of drug-likeness (QED) is 0.842. The Bertz CT molecular complexity index is 456. The van der Waals surface area contributed by atoms with Crippen LogP contribution in [0, 0.1) is 0 Å². The van der Waals surface area contributed by atoms with E-state index in [9.17, 15) is 9.18 Å². The van der Waals surface area contributed by atoms with Crippen LogP contribution in [0.4, 0.5) is 4.39 Å². The van der Waals surface area contributed by atoms with Gasteiger partial charge >= 0.3 is 5.97 Å². The van der Waals surface area contributed by atoms with Gasteiger partial charge in [0.15, 0.2) is 0 Å². The Morgan fingerprint density at radius 2 is 2.20 bits per heavy atom. The summed E-state index contributed by atoms with van der Waals surface area (Å²) in [6, 6.07) is 8.89. The average molecular weight is 208 g/mol. The normalized spacial score (nSPS) is 12.9. The van der Waals surface area contributed by atoms with Crippen molar-refractivity contribution in [1.82, 2.24) is 0 Å². The third-order valence-electron chi connectivity index (χ3n) is 2.12. The van der Waals surface area contributed by atoms with Crippen molar-refractivity contribution in [2.45, 2.75) is 12.6 Å². The minimum atomic E-state index is -1.91. The topological polar surface area (TPSA) is 50.4 Å². The molecule has 1 unspecified atom stereocenters. The van der Waals surface area contributed by atoms with Gasteiger partial charge in [-0.2, -0.15) is 0 Å². The number of para-hydroxylation sites is 1. The largest absolute Gasteiger partial charge is 0.479 e. The first-order chi connectivity index (χ1) is 7.16. The second kappa shape index (κ2) is 3.73. The molecular formula is C11H9FO3. The number of fused-ring (bicyclic) bond motifs is 1. The number of carbonyl (C=O) groups is 1. The molecule has 3 nitrogen and oxygen atoms in total. The molecule has 0 bridgehead atoms. The number of alkyl halides is 1. The van der Waals surface area contributed by atoms with Crippen LogP contribution >= 0.6 is 0 Å². The zero-order chi connectivity index (χ0) is 10.8. The summed E-state index contributed by atoms with van der Waals surface area (Å²) in [5.74, 6) is -1.11. The molecule has 0 saturated heterocycles.